The smallest absolute Gasteiger partial charge is 0.870 e. The molecule has 2 aromatic rings. The number of carboxylic acid groups (broad SMARTS) is 1. The van der Waals surface area contributed by atoms with Gasteiger partial charge >= 0.3 is 30.9 Å². The van der Waals surface area contributed by atoms with Crippen molar-refractivity contribution in [2.24, 2.45) is 0 Å². The van der Waals surface area contributed by atoms with Crippen LogP contribution in [0, 0.1) is 0 Å². The molecular formula is C21H29LiN2O7. The summed E-state index contributed by atoms with van der Waals surface area (Å²) in [6, 6.07) is 6.23. The molecule has 0 unspecified atom stereocenters. The Labute approximate surface area is 193 Å². The second-order valence-corrected chi connectivity index (χ2v) is 8.68. The number of carboxylic acids is 1. The molecule has 0 spiro atoms. The van der Waals surface area contributed by atoms with E-state index in [1.54, 1.807) is 39.0 Å². The summed E-state index contributed by atoms with van der Waals surface area (Å²) in [5.41, 5.74) is -0.557. The molecule has 2 rings (SSSR count). The van der Waals surface area contributed by atoms with Crippen LogP contribution in [0.25, 0.3) is 10.9 Å². The van der Waals surface area contributed by atoms with Gasteiger partial charge in [0, 0.05) is 11.1 Å². The molecule has 9 nitrogen and oxygen atoms in total. The van der Waals surface area contributed by atoms with Gasteiger partial charge in [-0.3, -0.25) is 4.79 Å². The predicted octanol–water partition coefficient (Wildman–Crippen LogP) is 1.09. The molecule has 0 radical (unpaired) electrons. The number of hydrogen-bond donors (Lipinski definition) is 2. The van der Waals surface area contributed by atoms with E-state index in [2.05, 4.69) is 5.32 Å². The molecule has 0 fully saturated rings. The average Bonchev–Trinajstić information content (AvgIpc) is 2.91. The summed E-state index contributed by atoms with van der Waals surface area (Å²) < 4.78 is 11.9. The van der Waals surface area contributed by atoms with E-state index in [1.165, 1.54) is 6.07 Å². The van der Waals surface area contributed by atoms with Gasteiger partial charge in [0.25, 0.3) is 0 Å². The predicted molar refractivity (Wildman–Crippen MR) is 111 cm³/mol. The summed E-state index contributed by atoms with van der Waals surface area (Å²) in [4.78, 5) is 36.4. The maximum absolute atomic E-state index is 12.6. The Morgan fingerprint density at radius 2 is 1.65 bits per heavy atom. The number of ether oxygens (including phenoxy) is 2. The van der Waals surface area contributed by atoms with Gasteiger partial charge in [0.05, 0.1) is 24.1 Å². The van der Waals surface area contributed by atoms with E-state index in [0.717, 1.165) is 4.57 Å². The molecule has 3 N–H and O–H groups in total. The molecule has 0 aliphatic rings. The van der Waals surface area contributed by atoms with Gasteiger partial charge in [-0.2, -0.15) is 0 Å². The van der Waals surface area contributed by atoms with Crippen molar-refractivity contribution in [1.82, 2.24) is 4.57 Å². The van der Waals surface area contributed by atoms with Gasteiger partial charge in [-0.05, 0) is 59.7 Å². The molecule has 1 aromatic heterocycles. The third kappa shape index (κ3) is 8.38. The summed E-state index contributed by atoms with van der Waals surface area (Å²) in [6.45, 7) is 11.1. The Morgan fingerprint density at radius 1 is 1.03 bits per heavy atom. The minimum absolute atomic E-state index is 0. The summed E-state index contributed by atoms with van der Waals surface area (Å²) >= 11 is 0. The number of carbonyl (C=O) groups is 3. The summed E-state index contributed by atoms with van der Waals surface area (Å²) in [5.74, 6) is -1.50. The van der Waals surface area contributed by atoms with Gasteiger partial charge in [-0.1, -0.05) is 6.07 Å². The second kappa shape index (κ2) is 10.8. The third-order valence-corrected chi connectivity index (χ3v) is 3.75. The Hall–Kier alpha value is -2.31. The molecule has 166 valence electrons. The van der Waals surface area contributed by atoms with E-state index in [0.29, 0.717) is 16.6 Å². The first-order valence-corrected chi connectivity index (χ1v) is 9.33. The molecule has 0 aliphatic carbocycles. The van der Waals surface area contributed by atoms with Crippen molar-refractivity contribution in [3.05, 3.63) is 30.0 Å². The largest absolute Gasteiger partial charge is 1.00 e. The minimum Gasteiger partial charge on any atom is -0.870 e. The second-order valence-electron chi connectivity index (χ2n) is 8.68. The van der Waals surface area contributed by atoms with Crippen molar-refractivity contribution in [2.45, 2.75) is 59.2 Å². The zero-order chi connectivity index (χ0) is 22.0. The van der Waals surface area contributed by atoms with E-state index in [4.69, 9.17) is 9.47 Å². The number of aromatic carboxylic acids is 1. The molecule has 0 saturated carbocycles. The number of nitrogens with zero attached hydrogens (tertiary/aromatic N) is 1. The molecule has 1 aromatic carbocycles. The number of carbonyl (C=O) groups excluding carboxylic acids is 2. The fourth-order valence-corrected chi connectivity index (χ4v) is 2.61. The average molecular weight is 428 g/mol. The van der Waals surface area contributed by atoms with Crippen molar-refractivity contribution in [2.75, 3.05) is 11.9 Å². The topological polar surface area (TPSA) is 137 Å². The maximum atomic E-state index is 12.6. The summed E-state index contributed by atoms with van der Waals surface area (Å²) in [5, 5.41) is 12.8. The van der Waals surface area contributed by atoms with Gasteiger partial charge in [0.15, 0.2) is 0 Å². The van der Waals surface area contributed by atoms with Crippen LogP contribution in [-0.4, -0.2) is 50.9 Å². The van der Waals surface area contributed by atoms with Gasteiger partial charge in [-0.25, -0.2) is 14.2 Å². The van der Waals surface area contributed by atoms with Crippen molar-refractivity contribution in [3.8, 4) is 0 Å². The van der Waals surface area contributed by atoms with Crippen LogP contribution >= 0.6 is 0 Å². The number of amides is 1. The maximum Gasteiger partial charge on any atom is 1.00 e. The molecule has 0 saturated heterocycles. The molecule has 0 bridgehead atoms. The molecule has 10 heteroatoms. The van der Waals surface area contributed by atoms with Crippen LogP contribution in [0.4, 0.5) is 10.5 Å². The number of benzene rings is 1. The first-order valence-electron chi connectivity index (χ1n) is 9.33. The van der Waals surface area contributed by atoms with E-state index in [1.807, 2.05) is 20.8 Å². The van der Waals surface area contributed by atoms with Crippen LogP contribution in [0.2, 0.25) is 0 Å². The number of anilines is 1. The number of aromatic nitrogens is 1. The van der Waals surface area contributed by atoms with Crippen molar-refractivity contribution in [3.63, 3.8) is 0 Å². The normalized spacial score (nSPS) is 11.3. The molecule has 0 aliphatic heterocycles. The van der Waals surface area contributed by atoms with E-state index < -0.39 is 17.7 Å². The first kappa shape index (κ1) is 28.7. The summed E-state index contributed by atoms with van der Waals surface area (Å²) in [7, 11) is 0. The van der Waals surface area contributed by atoms with E-state index in [9.17, 15) is 19.5 Å². The Balaban J connectivity index is 0.00000450. The van der Waals surface area contributed by atoms with Gasteiger partial charge in [0.1, 0.15) is 11.3 Å². The SMILES string of the molecule is CC(C)(C)OCCC(=O)Nc1ccc2cc(C(=O)O)n(C(=O)OC(C)(C)C)c2c1.[Li+].[OH-]. The zero-order valence-corrected chi connectivity index (χ0v) is 19.1. The standard InChI is InChI=1S/C21H28N2O6.Li.H2O/c1-20(2,3)28-10-9-17(24)22-14-8-7-13-11-16(18(25)26)23(15(13)12-14)19(27)29-21(4,5)6;;/h7-8,11-12H,9-10H2,1-6H3,(H,22,24)(H,25,26);;1H2/q;+1;/p-1. The fourth-order valence-electron chi connectivity index (χ4n) is 2.61. The molecular weight excluding hydrogens is 399 g/mol. The van der Waals surface area contributed by atoms with Crippen molar-refractivity contribution < 1.29 is 53.3 Å². The molecule has 31 heavy (non-hydrogen) atoms. The van der Waals surface area contributed by atoms with Crippen LogP contribution in [0.3, 0.4) is 0 Å². The van der Waals surface area contributed by atoms with Gasteiger partial charge < -0.3 is 25.4 Å². The first-order chi connectivity index (χ1) is 13.3. The Bertz CT molecular complexity index is 940. The van der Waals surface area contributed by atoms with Crippen LogP contribution in [0.5, 0.6) is 0 Å². The van der Waals surface area contributed by atoms with Crippen LogP contribution < -0.4 is 24.2 Å². The summed E-state index contributed by atoms with van der Waals surface area (Å²) in [6.07, 6.45) is -0.630. The van der Waals surface area contributed by atoms with Gasteiger partial charge in [0.2, 0.25) is 5.91 Å². The number of rotatable bonds is 5. The van der Waals surface area contributed by atoms with Crippen LogP contribution in [0.15, 0.2) is 24.3 Å². The molecule has 0 atom stereocenters. The molecule has 1 amide bonds. The van der Waals surface area contributed by atoms with Crippen molar-refractivity contribution >= 4 is 34.6 Å². The Morgan fingerprint density at radius 3 is 2.16 bits per heavy atom. The van der Waals surface area contributed by atoms with E-state index >= 15 is 0 Å². The van der Waals surface area contributed by atoms with Crippen molar-refractivity contribution in [1.29, 1.82) is 0 Å². The van der Waals surface area contributed by atoms with E-state index in [-0.39, 0.29) is 54.6 Å². The quantitative estimate of drug-likeness (QED) is 0.680. The van der Waals surface area contributed by atoms with Crippen LogP contribution in [-0.2, 0) is 14.3 Å². The third-order valence-electron chi connectivity index (χ3n) is 3.75. The van der Waals surface area contributed by atoms with Gasteiger partial charge in [-0.15, -0.1) is 0 Å². The number of hydrogen-bond acceptors (Lipinski definition) is 6. The Kier molecular flexibility index (Phi) is 10.0. The monoisotopic (exact) mass is 428 g/mol. The number of nitrogens with one attached hydrogen (secondary N) is 1. The van der Waals surface area contributed by atoms with Crippen LogP contribution in [0.1, 0.15) is 58.5 Å². The fraction of sp³-hybridized carbons (Fsp3) is 0.476. The molecule has 1 heterocycles. The number of fused-ring (bicyclic) bond motifs is 1. The minimum atomic E-state index is -1.25. The zero-order valence-electron chi connectivity index (χ0n) is 19.1.